The van der Waals surface area contributed by atoms with Gasteiger partial charge in [0.2, 0.25) is 0 Å². The summed E-state index contributed by atoms with van der Waals surface area (Å²) in [6.45, 7) is 16.2. The number of fused-ring (bicyclic) bond motifs is 1. The molecule has 0 aromatic carbocycles. The summed E-state index contributed by atoms with van der Waals surface area (Å²) in [6.07, 6.45) is 0. The summed E-state index contributed by atoms with van der Waals surface area (Å²) in [7, 11) is -0.919. The summed E-state index contributed by atoms with van der Waals surface area (Å²) < 4.78 is 14.8. The largest absolute Gasteiger partial charge is 0.298 e. The third-order valence-electron chi connectivity index (χ3n) is 4.35. The Kier molecular flexibility index (Phi) is 3.74. The maximum Gasteiger partial charge on any atom is 0.124 e. The van der Waals surface area contributed by atoms with Crippen LogP contribution in [0.5, 0.6) is 0 Å². The van der Waals surface area contributed by atoms with Crippen molar-refractivity contribution in [3.05, 3.63) is 10.5 Å². The summed E-state index contributed by atoms with van der Waals surface area (Å²) in [5, 5.41) is 0. The van der Waals surface area contributed by atoms with Crippen LogP contribution >= 0.6 is 0 Å². The van der Waals surface area contributed by atoms with Crippen LogP contribution < -0.4 is 0 Å². The molecule has 0 N–H and O–H groups in total. The fourth-order valence-electron chi connectivity index (χ4n) is 3.36. The molecule has 0 aromatic rings. The highest BCUT2D eigenvalue weighted by atomic mass is 32.2. The van der Waals surface area contributed by atoms with Crippen molar-refractivity contribution in [2.24, 2.45) is 5.41 Å². The average Bonchev–Trinajstić information content (AvgIpc) is 2.46. The predicted molar refractivity (Wildman–Crippen MR) is 77.5 cm³/mol. The van der Waals surface area contributed by atoms with Gasteiger partial charge >= 0.3 is 0 Å². The van der Waals surface area contributed by atoms with E-state index in [1.807, 2.05) is 0 Å². The van der Waals surface area contributed by atoms with Crippen LogP contribution in [-0.4, -0.2) is 45.1 Å². The zero-order chi connectivity index (χ0) is 13.7. The minimum absolute atomic E-state index is 0.0251. The first-order valence-corrected chi connectivity index (χ1v) is 7.98. The van der Waals surface area contributed by atoms with E-state index in [9.17, 15) is 4.21 Å². The Morgan fingerprint density at radius 3 is 2.44 bits per heavy atom. The van der Waals surface area contributed by atoms with Crippen LogP contribution in [-0.2, 0) is 11.0 Å². The maximum atomic E-state index is 12.6. The van der Waals surface area contributed by atoms with Crippen LogP contribution in [0.3, 0.4) is 0 Å². The second-order valence-electron chi connectivity index (χ2n) is 6.55. The Labute approximate surface area is 114 Å². The lowest BCUT2D eigenvalue weighted by atomic mass is 9.81. The quantitative estimate of drug-likeness (QED) is 0.730. The van der Waals surface area contributed by atoms with Gasteiger partial charge in [-0.3, -0.25) is 4.90 Å². The Hall–Kier alpha value is -0.190. The molecule has 2 saturated heterocycles. The van der Waals surface area contributed by atoms with Crippen molar-refractivity contribution < 1.29 is 4.21 Å². The molecule has 104 valence electrons. The summed E-state index contributed by atoms with van der Waals surface area (Å²) in [4.78, 5) is 3.66. The van der Waals surface area contributed by atoms with E-state index in [-0.39, 0.29) is 5.41 Å². The van der Waals surface area contributed by atoms with Gasteiger partial charge in [-0.05, 0) is 27.7 Å². The zero-order valence-electron chi connectivity index (χ0n) is 12.5. The first-order valence-electron chi connectivity index (χ1n) is 6.87. The van der Waals surface area contributed by atoms with Crippen LogP contribution in [0, 0.1) is 5.41 Å². The van der Waals surface area contributed by atoms with Gasteiger partial charge in [-0.1, -0.05) is 19.4 Å². The van der Waals surface area contributed by atoms with Crippen molar-refractivity contribution in [3.63, 3.8) is 0 Å². The van der Waals surface area contributed by atoms with E-state index in [0.29, 0.717) is 12.1 Å². The molecule has 0 spiro atoms. The molecule has 2 rings (SSSR count). The lowest BCUT2D eigenvalue weighted by Crippen LogP contribution is -2.55. The second-order valence-corrected chi connectivity index (χ2v) is 7.92. The maximum absolute atomic E-state index is 12.6. The molecule has 18 heavy (non-hydrogen) atoms. The second kappa shape index (κ2) is 4.73. The molecular formula is C14H26N2OS. The average molecular weight is 270 g/mol. The first kappa shape index (κ1) is 14.2. The van der Waals surface area contributed by atoms with E-state index in [1.54, 1.807) is 0 Å². The molecule has 2 unspecified atom stereocenters. The minimum atomic E-state index is -0.919. The van der Waals surface area contributed by atoms with Gasteiger partial charge in [0, 0.05) is 42.0 Å². The molecule has 4 heteroatoms. The van der Waals surface area contributed by atoms with Crippen molar-refractivity contribution in [3.8, 4) is 0 Å². The summed E-state index contributed by atoms with van der Waals surface area (Å²) in [5.41, 5.74) is 1.25. The van der Waals surface area contributed by atoms with Crippen molar-refractivity contribution in [1.29, 1.82) is 0 Å². The van der Waals surface area contributed by atoms with Gasteiger partial charge in [0.15, 0.2) is 0 Å². The minimum Gasteiger partial charge on any atom is -0.298 e. The SMILES string of the molecule is CC(C)=C1S(=O)N2CCN(C(C)C)CC2C1(C)C. The van der Waals surface area contributed by atoms with Crippen molar-refractivity contribution in [2.75, 3.05) is 19.6 Å². The summed E-state index contributed by atoms with van der Waals surface area (Å²) in [6, 6.07) is 0.964. The van der Waals surface area contributed by atoms with Crippen molar-refractivity contribution in [2.45, 2.75) is 53.6 Å². The van der Waals surface area contributed by atoms with E-state index >= 15 is 0 Å². The number of rotatable bonds is 1. The number of hydrogen-bond acceptors (Lipinski definition) is 2. The number of hydrogen-bond donors (Lipinski definition) is 0. The highest BCUT2D eigenvalue weighted by Crippen LogP contribution is 2.46. The van der Waals surface area contributed by atoms with Gasteiger partial charge in [0.1, 0.15) is 11.0 Å². The Balaban J connectivity index is 2.35. The molecule has 3 nitrogen and oxygen atoms in total. The summed E-state index contributed by atoms with van der Waals surface area (Å²) in [5.74, 6) is 0. The molecule has 0 saturated carbocycles. The third kappa shape index (κ3) is 2.08. The lowest BCUT2D eigenvalue weighted by molar-refractivity contribution is 0.0776. The van der Waals surface area contributed by atoms with Crippen LogP contribution in [0.4, 0.5) is 0 Å². The van der Waals surface area contributed by atoms with E-state index in [1.165, 1.54) is 5.57 Å². The van der Waals surface area contributed by atoms with E-state index < -0.39 is 11.0 Å². The molecule has 0 bridgehead atoms. The first-order chi connectivity index (χ1) is 8.26. The highest BCUT2D eigenvalue weighted by molar-refractivity contribution is 7.87. The van der Waals surface area contributed by atoms with Gasteiger partial charge in [-0.15, -0.1) is 0 Å². The Morgan fingerprint density at radius 1 is 1.33 bits per heavy atom. The number of piperazine rings is 1. The van der Waals surface area contributed by atoms with Gasteiger partial charge in [0.25, 0.3) is 0 Å². The number of allylic oxidation sites excluding steroid dienone is 1. The normalized spacial score (nSPS) is 32.9. The molecule has 2 heterocycles. The van der Waals surface area contributed by atoms with Crippen LogP contribution in [0.25, 0.3) is 0 Å². The van der Waals surface area contributed by atoms with Crippen molar-refractivity contribution in [1.82, 2.24) is 9.21 Å². The lowest BCUT2D eigenvalue weighted by Gasteiger charge is -2.42. The molecule has 2 aliphatic rings. The molecule has 0 radical (unpaired) electrons. The van der Waals surface area contributed by atoms with Gasteiger partial charge in [0.05, 0.1) is 0 Å². The van der Waals surface area contributed by atoms with Crippen molar-refractivity contribution >= 4 is 11.0 Å². The molecule has 0 aromatic heterocycles. The molecule has 2 atom stereocenters. The molecular weight excluding hydrogens is 244 g/mol. The van der Waals surface area contributed by atoms with E-state index in [2.05, 4.69) is 50.7 Å². The predicted octanol–water partition coefficient (Wildman–Crippen LogP) is 2.38. The van der Waals surface area contributed by atoms with Gasteiger partial charge in [-0.25, -0.2) is 8.51 Å². The fraction of sp³-hybridized carbons (Fsp3) is 0.857. The van der Waals surface area contributed by atoms with Gasteiger partial charge in [-0.2, -0.15) is 0 Å². The Bertz CT molecular complexity index is 397. The van der Waals surface area contributed by atoms with Gasteiger partial charge < -0.3 is 0 Å². The van der Waals surface area contributed by atoms with Crippen LogP contribution in [0.1, 0.15) is 41.5 Å². The Morgan fingerprint density at radius 2 is 1.94 bits per heavy atom. The zero-order valence-corrected chi connectivity index (χ0v) is 13.3. The molecule has 0 amide bonds. The third-order valence-corrected chi connectivity index (χ3v) is 6.50. The highest BCUT2D eigenvalue weighted by Gasteiger charge is 2.52. The molecule has 0 aliphatic carbocycles. The fourth-order valence-corrected chi connectivity index (χ4v) is 5.33. The number of nitrogens with zero attached hydrogens (tertiary/aromatic N) is 2. The topological polar surface area (TPSA) is 23.6 Å². The molecule has 2 aliphatic heterocycles. The van der Waals surface area contributed by atoms with Crippen LogP contribution in [0.2, 0.25) is 0 Å². The van der Waals surface area contributed by atoms with Crippen LogP contribution in [0.15, 0.2) is 10.5 Å². The molecule has 2 fully saturated rings. The smallest absolute Gasteiger partial charge is 0.124 e. The van der Waals surface area contributed by atoms with E-state index in [0.717, 1.165) is 24.5 Å². The standard InChI is InChI=1S/C14H26N2OS/c1-10(2)13-14(5,6)12-9-15(11(3)4)7-8-16(12)18(13)17/h11-12H,7-9H2,1-6H3. The monoisotopic (exact) mass is 270 g/mol. The van der Waals surface area contributed by atoms with E-state index in [4.69, 9.17) is 0 Å². The summed E-state index contributed by atoms with van der Waals surface area (Å²) >= 11 is 0.